The Labute approximate surface area is 281 Å². The standard InChI is InChI=1S/C46H27N3/c1-2-16-29-28(14-1)15-13-25-36(29)45-47-39-26-11-9-23-37(39)46(48-45)49-40-27-12-10-24-38(40)43-42-33-20-6-4-18-31(33)30-17-3-5-19-32(30)41(42)34-21-7-8-22-35(34)44(43)49/h1-27H. The van der Waals surface area contributed by atoms with Gasteiger partial charge in [0, 0.05) is 32.5 Å². The predicted octanol–water partition coefficient (Wildman–Crippen LogP) is 12.2. The van der Waals surface area contributed by atoms with E-state index in [-0.39, 0.29) is 0 Å². The smallest absolute Gasteiger partial charge is 0.162 e. The molecule has 0 bridgehead atoms. The number of hydrogen-bond acceptors (Lipinski definition) is 2. The summed E-state index contributed by atoms with van der Waals surface area (Å²) < 4.78 is 2.41. The van der Waals surface area contributed by atoms with Gasteiger partial charge in [0.2, 0.25) is 0 Å². The quantitative estimate of drug-likeness (QED) is 0.180. The fourth-order valence-corrected chi connectivity index (χ4v) is 8.33. The van der Waals surface area contributed by atoms with Crippen LogP contribution in [0.25, 0.3) is 104 Å². The summed E-state index contributed by atoms with van der Waals surface area (Å²) >= 11 is 0. The van der Waals surface area contributed by atoms with Gasteiger partial charge in [0.1, 0.15) is 5.82 Å². The molecule has 0 atom stereocenters. The molecule has 0 aliphatic rings. The molecule has 226 valence electrons. The van der Waals surface area contributed by atoms with Gasteiger partial charge in [-0.3, -0.25) is 4.57 Å². The minimum atomic E-state index is 0.720. The Morgan fingerprint density at radius 1 is 0.347 bits per heavy atom. The van der Waals surface area contributed by atoms with Crippen LogP contribution in [-0.2, 0) is 0 Å². The number of para-hydroxylation sites is 2. The molecule has 0 saturated heterocycles. The molecule has 2 aromatic heterocycles. The van der Waals surface area contributed by atoms with Gasteiger partial charge in [-0.05, 0) is 61.3 Å². The van der Waals surface area contributed by atoms with Crippen LogP contribution in [0.2, 0.25) is 0 Å². The van der Waals surface area contributed by atoms with Crippen LogP contribution in [0, 0.1) is 0 Å². The van der Waals surface area contributed by atoms with Crippen LogP contribution in [0.5, 0.6) is 0 Å². The van der Waals surface area contributed by atoms with Gasteiger partial charge in [-0.2, -0.15) is 0 Å². The summed E-state index contributed by atoms with van der Waals surface area (Å²) in [6, 6.07) is 58.8. The van der Waals surface area contributed by atoms with Gasteiger partial charge in [-0.15, -0.1) is 0 Å². The number of hydrogen-bond donors (Lipinski definition) is 0. The number of rotatable bonds is 2. The highest BCUT2D eigenvalue weighted by atomic mass is 15.1. The zero-order valence-electron chi connectivity index (χ0n) is 26.4. The predicted molar refractivity (Wildman–Crippen MR) is 207 cm³/mol. The zero-order chi connectivity index (χ0) is 32.1. The van der Waals surface area contributed by atoms with E-state index < -0.39 is 0 Å². The van der Waals surface area contributed by atoms with Crippen molar-refractivity contribution in [3.8, 4) is 17.2 Å². The number of nitrogens with zero attached hydrogens (tertiary/aromatic N) is 3. The molecule has 0 spiro atoms. The lowest BCUT2D eigenvalue weighted by Crippen LogP contribution is -2.03. The first kappa shape index (κ1) is 26.5. The van der Waals surface area contributed by atoms with E-state index in [1.807, 2.05) is 0 Å². The maximum Gasteiger partial charge on any atom is 0.162 e. The first-order chi connectivity index (χ1) is 24.3. The van der Waals surface area contributed by atoms with E-state index in [4.69, 9.17) is 9.97 Å². The highest BCUT2D eigenvalue weighted by molar-refractivity contribution is 6.42. The average Bonchev–Trinajstić information content (AvgIpc) is 3.52. The Hall–Kier alpha value is -6.58. The average molecular weight is 622 g/mol. The molecule has 0 unspecified atom stereocenters. The Morgan fingerprint density at radius 3 is 1.63 bits per heavy atom. The van der Waals surface area contributed by atoms with Crippen LogP contribution < -0.4 is 0 Å². The zero-order valence-corrected chi connectivity index (χ0v) is 26.4. The molecule has 0 aliphatic carbocycles. The SMILES string of the molecule is c1ccc2c(-c3nc(-n4c5ccccc5c5c6c7ccccc7c7ccccc7c6c6ccccc6c54)c4ccccc4n3)cccc2c1. The molecule has 0 saturated carbocycles. The monoisotopic (exact) mass is 621 g/mol. The van der Waals surface area contributed by atoms with E-state index in [9.17, 15) is 0 Å². The molecular weight excluding hydrogens is 595 g/mol. The fourth-order valence-electron chi connectivity index (χ4n) is 8.33. The van der Waals surface area contributed by atoms with E-state index in [1.165, 1.54) is 59.2 Å². The molecule has 49 heavy (non-hydrogen) atoms. The van der Waals surface area contributed by atoms with E-state index in [0.29, 0.717) is 0 Å². The van der Waals surface area contributed by atoms with E-state index >= 15 is 0 Å². The second kappa shape index (κ2) is 9.96. The van der Waals surface area contributed by atoms with Crippen molar-refractivity contribution in [2.45, 2.75) is 0 Å². The number of aromatic nitrogens is 3. The molecule has 3 heteroatoms. The lowest BCUT2D eigenvalue weighted by atomic mass is 9.88. The van der Waals surface area contributed by atoms with E-state index in [2.05, 4.69) is 168 Å². The minimum Gasteiger partial charge on any atom is -0.292 e. The summed E-state index contributed by atoms with van der Waals surface area (Å²) in [5.74, 6) is 1.60. The molecule has 0 N–H and O–H groups in total. The van der Waals surface area contributed by atoms with Gasteiger partial charge >= 0.3 is 0 Å². The molecule has 3 nitrogen and oxygen atoms in total. The maximum absolute atomic E-state index is 5.51. The van der Waals surface area contributed by atoms with Crippen LogP contribution in [0.15, 0.2) is 164 Å². The Morgan fingerprint density at radius 2 is 0.878 bits per heavy atom. The van der Waals surface area contributed by atoms with Crippen LogP contribution in [0.3, 0.4) is 0 Å². The van der Waals surface area contributed by atoms with Crippen molar-refractivity contribution in [3.05, 3.63) is 164 Å². The highest BCUT2D eigenvalue weighted by Gasteiger charge is 2.24. The number of benzene rings is 9. The second-order valence-corrected chi connectivity index (χ2v) is 12.9. The van der Waals surface area contributed by atoms with Crippen molar-refractivity contribution < 1.29 is 0 Å². The van der Waals surface area contributed by atoms with Gasteiger partial charge in [-0.1, -0.05) is 146 Å². The van der Waals surface area contributed by atoms with Gasteiger partial charge < -0.3 is 0 Å². The second-order valence-electron chi connectivity index (χ2n) is 12.9. The first-order valence-electron chi connectivity index (χ1n) is 16.8. The van der Waals surface area contributed by atoms with Gasteiger partial charge in [0.05, 0.1) is 16.6 Å². The van der Waals surface area contributed by atoms with E-state index in [0.717, 1.165) is 44.5 Å². The molecule has 11 rings (SSSR count). The fraction of sp³-hybridized carbons (Fsp3) is 0. The Kier molecular flexibility index (Phi) is 5.38. The van der Waals surface area contributed by atoms with Gasteiger partial charge in [0.25, 0.3) is 0 Å². The van der Waals surface area contributed by atoms with Crippen molar-refractivity contribution >= 4 is 86.6 Å². The summed E-state index contributed by atoms with van der Waals surface area (Å²) in [5, 5.41) is 15.9. The number of fused-ring (bicyclic) bond motifs is 15. The lowest BCUT2D eigenvalue weighted by Gasteiger charge is -2.17. The molecule has 0 radical (unpaired) electrons. The minimum absolute atomic E-state index is 0.720. The molecule has 0 amide bonds. The summed E-state index contributed by atoms with van der Waals surface area (Å²) in [7, 11) is 0. The highest BCUT2D eigenvalue weighted by Crippen LogP contribution is 2.48. The summed E-state index contributed by atoms with van der Waals surface area (Å²) in [5.41, 5.74) is 4.24. The normalized spacial score (nSPS) is 12.1. The van der Waals surface area contributed by atoms with Crippen LogP contribution in [0.4, 0.5) is 0 Å². The van der Waals surface area contributed by atoms with Crippen LogP contribution in [0.1, 0.15) is 0 Å². The van der Waals surface area contributed by atoms with Gasteiger partial charge in [-0.25, -0.2) is 9.97 Å². The summed E-state index contributed by atoms with van der Waals surface area (Å²) in [4.78, 5) is 10.7. The van der Waals surface area contributed by atoms with Gasteiger partial charge in [0.15, 0.2) is 5.82 Å². The van der Waals surface area contributed by atoms with Crippen molar-refractivity contribution in [1.29, 1.82) is 0 Å². The first-order valence-corrected chi connectivity index (χ1v) is 16.8. The largest absolute Gasteiger partial charge is 0.292 e. The van der Waals surface area contributed by atoms with Crippen molar-refractivity contribution in [1.82, 2.24) is 14.5 Å². The topological polar surface area (TPSA) is 30.7 Å². The summed E-state index contributed by atoms with van der Waals surface area (Å²) in [6.45, 7) is 0. The molecule has 9 aromatic carbocycles. The van der Waals surface area contributed by atoms with Crippen molar-refractivity contribution in [2.75, 3.05) is 0 Å². The molecular formula is C46H27N3. The van der Waals surface area contributed by atoms with Crippen LogP contribution in [-0.4, -0.2) is 14.5 Å². The van der Waals surface area contributed by atoms with E-state index in [1.54, 1.807) is 0 Å². The van der Waals surface area contributed by atoms with Crippen LogP contribution >= 0.6 is 0 Å². The molecule has 0 fully saturated rings. The lowest BCUT2D eigenvalue weighted by molar-refractivity contribution is 1.08. The Bertz CT molecular complexity index is 3160. The maximum atomic E-state index is 5.51. The third-order valence-electron chi connectivity index (χ3n) is 10.3. The third-order valence-corrected chi connectivity index (χ3v) is 10.3. The molecule has 0 aliphatic heterocycles. The molecule has 11 aromatic rings. The summed E-state index contributed by atoms with van der Waals surface area (Å²) in [6.07, 6.45) is 0. The van der Waals surface area contributed by atoms with Crippen molar-refractivity contribution in [2.24, 2.45) is 0 Å². The molecule has 2 heterocycles. The Balaban J connectivity index is 1.40. The van der Waals surface area contributed by atoms with Crippen molar-refractivity contribution in [3.63, 3.8) is 0 Å². The third kappa shape index (κ3) is 3.62.